The second-order valence-corrected chi connectivity index (χ2v) is 23.9. The molecule has 8 aromatic rings. The Kier molecular flexibility index (Phi) is 13.4. The van der Waals surface area contributed by atoms with Crippen LogP contribution in [-0.4, -0.2) is 7.11 Å². The Morgan fingerprint density at radius 3 is 1.20 bits per heavy atom. The molecule has 8 aromatic carbocycles. The predicted molar refractivity (Wildman–Crippen MR) is 267 cm³/mol. The summed E-state index contributed by atoms with van der Waals surface area (Å²) in [6.45, 7) is 0. The number of rotatable bonds is 16. The lowest BCUT2D eigenvalue weighted by atomic mass is 10.0. The van der Waals surface area contributed by atoms with E-state index < -0.39 is 39.1 Å². The first kappa shape index (κ1) is 46.0. The van der Waals surface area contributed by atoms with Crippen LogP contribution in [0.4, 0.5) is 0 Å². The van der Waals surface area contributed by atoms with Crippen molar-refractivity contribution in [3.8, 4) is 68.2 Å². The highest BCUT2D eigenvalue weighted by Crippen LogP contribution is 2.83. The van der Waals surface area contributed by atoms with Crippen LogP contribution in [0.25, 0.3) is 22.3 Å². The second kappa shape index (κ2) is 20.1. The quantitative estimate of drug-likeness (QED) is 0.0843. The second-order valence-electron chi connectivity index (χ2n) is 14.7. The molecule has 0 bridgehead atoms. The number of benzene rings is 8. The first-order valence-corrected chi connectivity index (χ1v) is 28.4. The minimum atomic E-state index is -5.12. The smallest absolute Gasteiger partial charge is 0.496 e. The molecule has 1 spiro atoms. The van der Waals surface area contributed by atoms with Crippen molar-refractivity contribution in [3.05, 3.63) is 218 Å². The highest BCUT2D eigenvalue weighted by atomic mass is 31.3. The summed E-state index contributed by atoms with van der Waals surface area (Å²) < 4.78 is 111. The van der Waals surface area contributed by atoms with Crippen LogP contribution in [-0.2, 0) is 17.8 Å². The maximum absolute atomic E-state index is 15.8. The van der Waals surface area contributed by atoms with Crippen LogP contribution < -0.4 is 36.4 Å². The standard InChI is InChI=1S/C49H40N3O12P5/c1-55-46-34-18-14-30-42(46)43-31-15-19-35-47(43)56-65-50-66(61-48-36-20-16-32-44(48)45-33-17-21-37-49(45)62-66)52-67(51-65,63-68(53,57-38-22-6-2-7-23-38)58-39-24-8-3-9-25-39)64-69(54,59-40-26-10-4-11-27-40)60-41-28-12-5-13-29-41/h2-37,65H,1H3. The summed E-state index contributed by atoms with van der Waals surface area (Å²) in [6, 6.07) is 61.8. The van der Waals surface area contributed by atoms with Gasteiger partial charge in [-0.25, -0.2) is 9.13 Å². The number of phosphoric ester groups is 2. The van der Waals surface area contributed by atoms with Gasteiger partial charge in [-0.2, -0.15) is 13.1 Å². The fourth-order valence-corrected chi connectivity index (χ4v) is 20.0. The molecule has 10 rings (SSSR count). The molecule has 0 saturated heterocycles. The number of nitrogens with zero attached hydrogens (tertiary/aromatic N) is 3. The Hall–Kier alpha value is -6.77. The number of methoxy groups -OCH3 is 1. The van der Waals surface area contributed by atoms with Gasteiger partial charge < -0.3 is 36.4 Å². The van der Waals surface area contributed by atoms with Crippen molar-refractivity contribution in [2.75, 3.05) is 7.11 Å². The molecular formula is C49H40N3O12P5. The summed E-state index contributed by atoms with van der Waals surface area (Å²) in [7, 11) is -21.3. The van der Waals surface area contributed by atoms with Gasteiger partial charge in [0.05, 0.1) is 7.11 Å². The maximum Gasteiger partial charge on any atom is 0.595 e. The minimum absolute atomic E-state index is 0.0720. The van der Waals surface area contributed by atoms with E-state index in [0.29, 0.717) is 45.3 Å². The largest absolute Gasteiger partial charge is 0.595 e. The zero-order chi connectivity index (χ0) is 47.2. The van der Waals surface area contributed by atoms with E-state index in [1.807, 2.05) is 60.7 Å². The van der Waals surface area contributed by atoms with Gasteiger partial charge in [0.2, 0.25) is 8.09 Å². The van der Waals surface area contributed by atoms with E-state index in [2.05, 4.69) is 0 Å². The summed E-state index contributed by atoms with van der Waals surface area (Å²) >= 11 is 0. The average Bonchev–Trinajstić information content (AvgIpc) is 3.48. The molecule has 20 heteroatoms. The molecule has 348 valence electrons. The van der Waals surface area contributed by atoms with Gasteiger partial charge in [-0.3, -0.25) is 0 Å². The van der Waals surface area contributed by atoms with Gasteiger partial charge in [0.15, 0.2) is 0 Å². The van der Waals surface area contributed by atoms with Crippen molar-refractivity contribution in [1.29, 1.82) is 0 Å². The SMILES string of the molecule is COc1ccccc1-c1ccccc1O[PH]1=NP2(=NP(OP(=O)(Oc3ccccc3)Oc3ccccc3)(OP(=O)(Oc3ccccc3)Oc3ccccc3)=N1)Oc1ccccc1-c1ccccc1O2. The molecule has 0 saturated carbocycles. The molecule has 1 unspecified atom stereocenters. The van der Waals surface area contributed by atoms with E-state index in [1.54, 1.807) is 165 Å². The van der Waals surface area contributed by atoms with Gasteiger partial charge in [-0.15, -0.1) is 9.03 Å². The van der Waals surface area contributed by atoms with E-state index in [9.17, 15) is 0 Å². The van der Waals surface area contributed by atoms with Crippen LogP contribution in [0.3, 0.4) is 0 Å². The molecule has 1 atom stereocenters. The number of fused-ring (bicyclic) bond motifs is 3. The maximum atomic E-state index is 15.8. The monoisotopic (exact) mass is 1020 g/mol. The van der Waals surface area contributed by atoms with Gasteiger partial charge >= 0.3 is 31.0 Å². The first-order valence-electron chi connectivity index (χ1n) is 21.1. The van der Waals surface area contributed by atoms with Crippen molar-refractivity contribution < 1.29 is 54.2 Å². The van der Waals surface area contributed by atoms with E-state index in [0.717, 1.165) is 0 Å². The Balaban J connectivity index is 1.24. The zero-order valence-corrected chi connectivity index (χ0v) is 40.9. The van der Waals surface area contributed by atoms with Crippen LogP contribution in [0, 0.1) is 0 Å². The minimum Gasteiger partial charge on any atom is -0.496 e. The number of phosphoric acid groups is 2. The molecule has 0 fully saturated rings. The van der Waals surface area contributed by atoms with Crippen molar-refractivity contribution in [3.63, 3.8) is 0 Å². The molecule has 2 aliphatic heterocycles. The third-order valence-electron chi connectivity index (χ3n) is 9.89. The Bertz CT molecular complexity index is 3120. The third-order valence-corrected chi connectivity index (χ3v) is 21.4. The molecule has 2 aliphatic rings. The summed E-state index contributed by atoms with van der Waals surface area (Å²) in [5.41, 5.74) is 2.59. The van der Waals surface area contributed by atoms with Gasteiger partial charge in [0.1, 0.15) is 46.0 Å². The summed E-state index contributed by atoms with van der Waals surface area (Å²) in [5.74, 6) is 1.77. The lowest BCUT2D eigenvalue weighted by Gasteiger charge is -2.31. The topological polar surface area (TPSA) is 164 Å². The van der Waals surface area contributed by atoms with Crippen LogP contribution in [0.15, 0.2) is 232 Å². The highest BCUT2D eigenvalue weighted by molar-refractivity contribution is 7.80. The summed E-state index contributed by atoms with van der Waals surface area (Å²) in [6.07, 6.45) is 0. The van der Waals surface area contributed by atoms with Gasteiger partial charge in [-0.05, 0) is 72.8 Å². The van der Waals surface area contributed by atoms with Crippen LogP contribution >= 0.6 is 39.1 Å². The predicted octanol–water partition coefficient (Wildman–Crippen LogP) is 16.6. The number of hydrogen-bond acceptors (Lipinski definition) is 15. The Morgan fingerprint density at radius 2 is 0.783 bits per heavy atom. The van der Waals surface area contributed by atoms with Crippen LogP contribution in [0.5, 0.6) is 46.0 Å². The van der Waals surface area contributed by atoms with Crippen molar-refractivity contribution in [2.45, 2.75) is 0 Å². The number of ether oxygens (including phenoxy) is 1. The lowest BCUT2D eigenvalue weighted by molar-refractivity contribution is 0.272. The molecule has 0 radical (unpaired) electrons. The van der Waals surface area contributed by atoms with Crippen LogP contribution in [0.1, 0.15) is 0 Å². The van der Waals surface area contributed by atoms with Gasteiger partial charge in [-0.1, -0.05) is 146 Å². The normalized spacial score (nSPS) is 15.3. The Labute approximate surface area is 398 Å². The lowest BCUT2D eigenvalue weighted by Crippen LogP contribution is -2.10. The van der Waals surface area contributed by atoms with Crippen molar-refractivity contribution in [2.24, 2.45) is 13.5 Å². The highest BCUT2D eigenvalue weighted by Gasteiger charge is 2.53. The van der Waals surface area contributed by atoms with E-state index in [1.165, 1.54) is 0 Å². The van der Waals surface area contributed by atoms with Gasteiger partial charge in [0.25, 0.3) is 0 Å². The molecular weight excluding hydrogens is 977 g/mol. The Morgan fingerprint density at radius 1 is 0.435 bits per heavy atom. The molecule has 15 nitrogen and oxygen atoms in total. The van der Waals surface area contributed by atoms with E-state index in [-0.39, 0.29) is 23.0 Å². The molecule has 0 N–H and O–H groups in total. The van der Waals surface area contributed by atoms with Crippen LogP contribution in [0.2, 0.25) is 0 Å². The van der Waals surface area contributed by atoms with Crippen molar-refractivity contribution >= 4 is 39.1 Å². The summed E-state index contributed by atoms with van der Waals surface area (Å²) in [4.78, 5) is 0. The average molecular weight is 1020 g/mol. The molecule has 2 heterocycles. The molecule has 0 aromatic heterocycles. The fourth-order valence-electron chi connectivity index (χ4n) is 6.98. The zero-order valence-electron chi connectivity index (χ0n) is 36.3. The first-order chi connectivity index (χ1) is 33.7. The molecule has 69 heavy (non-hydrogen) atoms. The summed E-state index contributed by atoms with van der Waals surface area (Å²) in [5, 5.41) is 0. The molecule has 0 amide bonds. The van der Waals surface area contributed by atoms with E-state index >= 15 is 9.13 Å². The molecule has 0 aliphatic carbocycles. The number of hydrogen-bond donors (Lipinski definition) is 0. The van der Waals surface area contributed by atoms with Gasteiger partial charge in [0, 0.05) is 22.3 Å². The number of para-hydroxylation sites is 8. The van der Waals surface area contributed by atoms with E-state index in [4.69, 9.17) is 58.6 Å². The third kappa shape index (κ3) is 10.8. The van der Waals surface area contributed by atoms with Crippen molar-refractivity contribution in [1.82, 2.24) is 0 Å². The fraction of sp³-hybridized carbons (Fsp3) is 0.0204.